The molecule has 1 fully saturated rings. The van der Waals surface area contributed by atoms with Crippen LogP contribution in [0.5, 0.6) is 11.5 Å². The molecular weight excluding hydrogens is 352 g/mol. The summed E-state index contributed by atoms with van der Waals surface area (Å²) in [5.74, 6) is 1.33. The molecule has 0 unspecified atom stereocenters. The molecule has 2 aromatic carbocycles. The molecule has 1 aliphatic heterocycles. The van der Waals surface area contributed by atoms with Gasteiger partial charge in [-0.25, -0.2) is 0 Å². The molecule has 1 aliphatic rings. The van der Waals surface area contributed by atoms with Crippen molar-refractivity contribution in [3.05, 3.63) is 59.7 Å². The van der Waals surface area contributed by atoms with Crippen LogP contribution in [0.25, 0.3) is 0 Å². The topological polar surface area (TPSA) is 50.8 Å². The maximum Gasteiger partial charge on any atom is 0.255 e. The number of ether oxygens (including phenoxy) is 2. The van der Waals surface area contributed by atoms with Crippen LogP contribution >= 0.6 is 0 Å². The fraction of sp³-hybridized carbons (Fsp3) is 0.435. The number of hydrogen-bond donors (Lipinski definition) is 1. The van der Waals surface area contributed by atoms with Crippen molar-refractivity contribution in [1.82, 2.24) is 10.2 Å². The molecule has 5 nitrogen and oxygen atoms in total. The highest BCUT2D eigenvalue weighted by Crippen LogP contribution is 2.26. The minimum absolute atomic E-state index is 0.106. The van der Waals surface area contributed by atoms with E-state index in [0.717, 1.165) is 18.8 Å². The Labute approximate surface area is 167 Å². The first-order valence-electron chi connectivity index (χ1n) is 10.0. The smallest absolute Gasteiger partial charge is 0.255 e. The van der Waals surface area contributed by atoms with Crippen LogP contribution in [0.15, 0.2) is 48.5 Å². The summed E-state index contributed by atoms with van der Waals surface area (Å²) in [6.07, 6.45) is 4.96. The predicted octanol–water partition coefficient (Wildman–Crippen LogP) is 4.05. The normalized spacial score (nSPS) is 16.1. The largest absolute Gasteiger partial charge is 0.497 e. The van der Waals surface area contributed by atoms with Crippen molar-refractivity contribution in [2.75, 3.05) is 33.9 Å². The summed E-state index contributed by atoms with van der Waals surface area (Å²) in [5, 5.41) is 3.13. The Balaban J connectivity index is 1.77. The average Bonchev–Trinajstić information content (AvgIpc) is 3.03. The molecule has 0 radical (unpaired) electrons. The van der Waals surface area contributed by atoms with E-state index in [-0.39, 0.29) is 11.9 Å². The number of carbonyl (C=O) groups excluding carboxylic acids is 1. The van der Waals surface area contributed by atoms with Gasteiger partial charge < -0.3 is 14.8 Å². The van der Waals surface area contributed by atoms with Gasteiger partial charge in [0.05, 0.1) is 25.8 Å². The van der Waals surface area contributed by atoms with E-state index < -0.39 is 0 Å². The third-order valence-corrected chi connectivity index (χ3v) is 5.39. The highest BCUT2D eigenvalue weighted by molar-refractivity contribution is 5.96. The summed E-state index contributed by atoms with van der Waals surface area (Å²) in [6, 6.07) is 15.6. The second kappa shape index (κ2) is 10.1. The van der Waals surface area contributed by atoms with E-state index in [2.05, 4.69) is 22.3 Å². The molecule has 0 aromatic heterocycles. The first-order valence-corrected chi connectivity index (χ1v) is 10.0. The van der Waals surface area contributed by atoms with Gasteiger partial charge in [-0.15, -0.1) is 0 Å². The van der Waals surface area contributed by atoms with Crippen LogP contribution in [0.2, 0.25) is 0 Å². The first-order chi connectivity index (χ1) is 13.7. The first kappa shape index (κ1) is 20.2. The SMILES string of the molecule is COc1ccc([C@H](CNC(=O)c2ccccc2OC)N2CCCCCC2)cc1. The zero-order valence-corrected chi connectivity index (χ0v) is 16.8. The maximum atomic E-state index is 12.8. The molecule has 0 aliphatic carbocycles. The summed E-state index contributed by atoms with van der Waals surface area (Å²) in [6.45, 7) is 2.67. The minimum atomic E-state index is -0.106. The van der Waals surface area contributed by atoms with Gasteiger partial charge in [-0.1, -0.05) is 37.1 Å². The molecule has 150 valence electrons. The number of nitrogens with one attached hydrogen (secondary N) is 1. The van der Waals surface area contributed by atoms with Gasteiger partial charge in [-0.05, 0) is 55.8 Å². The molecular formula is C23H30N2O3. The molecule has 28 heavy (non-hydrogen) atoms. The van der Waals surface area contributed by atoms with Gasteiger partial charge in [0, 0.05) is 6.54 Å². The van der Waals surface area contributed by atoms with Crippen molar-refractivity contribution in [2.24, 2.45) is 0 Å². The van der Waals surface area contributed by atoms with Gasteiger partial charge in [0.1, 0.15) is 11.5 Å². The molecule has 1 atom stereocenters. The summed E-state index contributed by atoms with van der Waals surface area (Å²) in [4.78, 5) is 15.3. The predicted molar refractivity (Wildman–Crippen MR) is 111 cm³/mol. The third kappa shape index (κ3) is 5.04. The number of methoxy groups -OCH3 is 2. The van der Waals surface area contributed by atoms with Crippen molar-refractivity contribution >= 4 is 5.91 Å². The van der Waals surface area contributed by atoms with E-state index in [1.807, 2.05) is 30.3 Å². The fourth-order valence-corrected chi connectivity index (χ4v) is 3.81. The van der Waals surface area contributed by atoms with Gasteiger partial charge in [0.25, 0.3) is 5.91 Å². The minimum Gasteiger partial charge on any atom is -0.497 e. The molecule has 0 spiro atoms. The van der Waals surface area contributed by atoms with Gasteiger partial charge in [-0.3, -0.25) is 9.69 Å². The highest BCUT2D eigenvalue weighted by atomic mass is 16.5. The molecule has 0 bridgehead atoms. The number of carbonyl (C=O) groups is 1. The average molecular weight is 383 g/mol. The molecule has 1 N–H and O–H groups in total. The molecule has 3 rings (SSSR count). The van der Waals surface area contributed by atoms with Gasteiger partial charge in [0.15, 0.2) is 0 Å². The van der Waals surface area contributed by atoms with Crippen LogP contribution < -0.4 is 14.8 Å². The van der Waals surface area contributed by atoms with E-state index in [0.29, 0.717) is 17.9 Å². The summed E-state index contributed by atoms with van der Waals surface area (Å²) in [5.41, 5.74) is 1.76. The summed E-state index contributed by atoms with van der Waals surface area (Å²) >= 11 is 0. The molecule has 1 heterocycles. The lowest BCUT2D eigenvalue weighted by Gasteiger charge is -2.31. The Morgan fingerprint density at radius 1 is 0.964 bits per heavy atom. The van der Waals surface area contributed by atoms with E-state index >= 15 is 0 Å². The van der Waals surface area contributed by atoms with E-state index in [4.69, 9.17) is 9.47 Å². The van der Waals surface area contributed by atoms with Crippen LogP contribution in [0.4, 0.5) is 0 Å². The molecule has 1 amide bonds. The van der Waals surface area contributed by atoms with Crippen molar-refractivity contribution < 1.29 is 14.3 Å². The van der Waals surface area contributed by atoms with Crippen LogP contribution in [0, 0.1) is 0 Å². The van der Waals surface area contributed by atoms with Gasteiger partial charge in [-0.2, -0.15) is 0 Å². The molecule has 5 heteroatoms. The molecule has 0 saturated carbocycles. The van der Waals surface area contributed by atoms with E-state index in [1.165, 1.54) is 31.2 Å². The Morgan fingerprint density at radius 3 is 2.29 bits per heavy atom. The monoisotopic (exact) mass is 382 g/mol. The van der Waals surface area contributed by atoms with E-state index in [1.54, 1.807) is 20.3 Å². The third-order valence-electron chi connectivity index (χ3n) is 5.39. The Hall–Kier alpha value is -2.53. The quantitative estimate of drug-likeness (QED) is 0.785. The number of amides is 1. The number of likely N-dealkylation sites (tertiary alicyclic amines) is 1. The second-order valence-electron chi connectivity index (χ2n) is 7.15. The van der Waals surface area contributed by atoms with Crippen molar-refractivity contribution in [3.8, 4) is 11.5 Å². The number of rotatable bonds is 7. The van der Waals surface area contributed by atoms with Crippen LogP contribution in [-0.2, 0) is 0 Å². The van der Waals surface area contributed by atoms with Gasteiger partial charge in [0.2, 0.25) is 0 Å². The Kier molecular flexibility index (Phi) is 7.31. The van der Waals surface area contributed by atoms with Gasteiger partial charge >= 0.3 is 0 Å². The number of benzene rings is 2. The lowest BCUT2D eigenvalue weighted by atomic mass is 10.0. The standard InChI is InChI=1S/C23H30N2O3/c1-27-19-13-11-18(12-14-19)21(25-15-7-3-4-8-16-25)17-24-23(26)20-9-5-6-10-22(20)28-2/h5-6,9-14,21H,3-4,7-8,15-17H2,1-2H3,(H,24,26)/t21-/m0/s1. The van der Waals surface area contributed by atoms with Crippen LogP contribution in [0.1, 0.15) is 47.6 Å². The number of hydrogen-bond acceptors (Lipinski definition) is 4. The number of nitrogens with zero attached hydrogens (tertiary/aromatic N) is 1. The second-order valence-corrected chi connectivity index (χ2v) is 7.15. The van der Waals surface area contributed by atoms with E-state index in [9.17, 15) is 4.79 Å². The zero-order chi connectivity index (χ0) is 19.8. The zero-order valence-electron chi connectivity index (χ0n) is 16.8. The molecule has 2 aromatic rings. The van der Waals surface area contributed by atoms with Crippen LogP contribution in [-0.4, -0.2) is 44.7 Å². The van der Waals surface area contributed by atoms with Crippen molar-refractivity contribution in [2.45, 2.75) is 31.7 Å². The summed E-state index contributed by atoms with van der Waals surface area (Å²) < 4.78 is 10.6. The number of para-hydroxylation sites is 1. The fourth-order valence-electron chi connectivity index (χ4n) is 3.81. The summed E-state index contributed by atoms with van der Waals surface area (Å²) in [7, 11) is 3.26. The lowest BCUT2D eigenvalue weighted by Crippen LogP contribution is -2.38. The lowest BCUT2D eigenvalue weighted by molar-refractivity contribution is 0.0930. The Bertz CT molecular complexity index is 753. The Morgan fingerprint density at radius 2 is 1.64 bits per heavy atom. The van der Waals surface area contributed by atoms with Crippen molar-refractivity contribution in [3.63, 3.8) is 0 Å². The maximum absolute atomic E-state index is 12.8. The van der Waals surface area contributed by atoms with Crippen molar-refractivity contribution in [1.29, 1.82) is 0 Å². The van der Waals surface area contributed by atoms with Crippen LogP contribution in [0.3, 0.4) is 0 Å². The molecule has 1 saturated heterocycles. The highest BCUT2D eigenvalue weighted by Gasteiger charge is 2.23.